The zero-order valence-corrected chi connectivity index (χ0v) is 16.5. The molecule has 1 amide bonds. The Morgan fingerprint density at radius 1 is 1.07 bits per heavy atom. The number of anilines is 1. The van der Waals surface area contributed by atoms with E-state index in [2.05, 4.69) is 10.6 Å². The smallest absolute Gasteiger partial charge is 0.262 e. The molecule has 2 N–H and O–H groups in total. The maximum Gasteiger partial charge on any atom is 0.262 e. The summed E-state index contributed by atoms with van der Waals surface area (Å²) < 4.78 is 51.2. The van der Waals surface area contributed by atoms with Crippen LogP contribution in [-0.4, -0.2) is 32.8 Å². The lowest BCUT2D eigenvalue weighted by Crippen LogP contribution is -2.35. The Balaban J connectivity index is 0.00000280. The van der Waals surface area contributed by atoms with Crippen molar-refractivity contribution >= 4 is 33.8 Å². The van der Waals surface area contributed by atoms with Gasteiger partial charge in [-0.1, -0.05) is 42.5 Å². The first-order chi connectivity index (χ1) is 12.7. The van der Waals surface area contributed by atoms with Crippen molar-refractivity contribution in [2.75, 3.05) is 11.9 Å². The Morgan fingerprint density at radius 2 is 1.71 bits per heavy atom. The second kappa shape index (κ2) is 8.98. The van der Waals surface area contributed by atoms with Gasteiger partial charge in [-0.15, -0.1) is 12.4 Å². The Bertz CT molecular complexity index is 924. The van der Waals surface area contributed by atoms with Crippen molar-refractivity contribution in [1.82, 2.24) is 5.32 Å². The van der Waals surface area contributed by atoms with Gasteiger partial charge in [0.15, 0.2) is 9.84 Å². The van der Waals surface area contributed by atoms with Crippen molar-refractivity contribution in [3.63, 3.8) is 0 Å². The Kier molecular flexibility index (Phi) is 7.14. The fourth-order valence-corrected chi connectivity index (χ4v) is 4.49. The van der Waals surface area contributed by atoms with Gasteiger partial charge >= 0.3 is 0 Å². The van der Waals surface area contributed by atoms with Crippen LogP contribution in [0.5, 0.6) is 0 Å². The maximum absolute atomic E-state index is 13.2. The number of halogens is 3. The summed E-state index contributed by atoms with van der Waals surface area (Å²) in [5, 5.41) is 5.06. The number of hydrogen-bond donors (Lipinski definition) is 2. The van der Waals surface area contributed by atoms with E-state index in [-0.39, 0.29) is 23.9 Å². The van der Waals surface area contributed by atoms with E-state index < -0.39 is 40.7 Å². The van der Waals surface area contributed by atoms with Gasteiger partial charge in [0.05, 0.1) is 24.1 Å². The number of benzene rings is 2. The molecule has 9 heteroatoms. The van der Waals surface area contributed by atoms with Crippen LogP contribution in [-0.2, 0) is 26.1 Å². The minimum Gasteiger partial charge on any atom is -0.325 e. The lowest BCUT2D eigenvalue weighted by atomic mass is 10.1. The molecule has 0 bridgehead atoms. The van der Waals surface area contributed by atoms with Gasteiger partial charge in [0, 0.05) is 12.1 Å². The topological polar surface area (TPSA) is 75.3 Å². The van der Waals surface area contributed by atoms with E-state index in [0.29, 0.717) is 16.8 Å². The zero-order chi connectivity index (χ0) is 19.5. The molecule has 1 fully saturated rings. The van der Waals surface area contributed by atoms with Gasteiger partial charge in [-0.25, -0.2) is 17.2 Å². The van der Waals surface area contributed by atoms with E-state index >= 15 is 0 Å². The number of amides is 1. The van der Waals surface area contributed by atoms with Crippen LogP contribution in [0.4, 0.5) is 14.5 Å². The van der Waals surface area contributed by atoms with Gasteiger partial charge in [-0.3, -0.25) is 10.1 Å². The molecule has 1 atom stereocenters. The summed E-state index contributed by atoms with van der Waals surface area (Å²) in [5.41, 5.74) is 1.60. The van der Waals surface area contributed by atoms with Crippen LogP contribution < -0.4 is 10.6 Å². The minimum absolute atomic E-state index is 0. The molecular weight excluding hydrogens is 410 g/mol. The van der Waals surface area contributed by atoms with Crippen molar-refractivity contribution in [3.8, 4) is 0 Å². The quantitative estimate of drug-likeness (QED) is 0.738. The highest BCUT2D eigenvalue weighted by Gasteiger charge is 2.42. The van der Waals surface area contributed by atoms with Gasteiger partial charge in [-0.05, 0) is 23.3 Å². The third kappa shape index (κ3) is 6.25. The lowest BCUT2D eigenvalue weighted by molar-refractivity contribution is -0.118. The summed E-state index contributed by atoms with van der Waals surface area (Å²) in [6, 6.07) is 14.3. The fraction of sp³-hybridized carbons (Fsp3) is 0.316. The molecule has 2 aromatic rings. The number of sulfone groups is 1. The number of hydrogen-bond acceptors (Lipinski definition) is 4. The van der Waals surface area contributed by atoms with E-state index in [0.717, 1.165) is 0 Å². The molecule has 1 aliphatic heterocycles. The van der Waals surface area contributed by atoms with Gasteiger partial charge in [0.1, 0.15) is 0 Å². The van der Waals surface area contributed by atoms with Crippen LogP contribution in [0.2, 0.25) is 0 Å². The summed E-state index contributed by atoms with van der Waals surface area (Å²) in [4.78, 5) is 12.1. The molecule has 0 saturated carbocycles. The highest BCUT2D eigenvalue weighted by molar-refractivity contribution is 7.89. The average molecular weight is 431 g/mol. The molecular formula is C19H21ClF2N2O3S. The minimum atomic E-state index is -3.39. The van der Waals surface area contributed by atoms with Crippen LogP contribution in [0, 0.1) is 0 Å². The van der Waals surface area contributed by atoms with E-state index in [9.17, 15) is 22.0 Å². The predicted molar refractivity (Wildman–Crippen MR) is 106 cm³/mol. The van der Waals surface area contributed by atoms with Crippen LogP contribution >= 0.6 is 12.4 Å². The molecule has 1 heterocycles. The second-order valence-corrected chi connectivity index (χ2v) is 8.77. The standard InChI is InChI=1S/C19H20F2N2O3S.ClH/c20-19(21)10-17(22-13-19)18(24)23-16-8-4-7-15(9-16)12-27(25,26)11-14-5-2-1-3-6-14;/h1-9,17,22H,10-13H2,(H,23,24);1H. The summed E-state index contributed by atoms with van der Waals surface area (Å²) >= 11 is 0. The first-order valence-corrected chi connectivity index (χ1v) is 10.3. The molecule has 1 aliphatic rings. The highest BCUT2D eigenvalue weighted by atomic mass is 35.5. The molecule has 0 aromatic heterocycles. The number of carbonyl (C=O) groups is 1. The lowest BCUT2D eigenvalue weighted by Gasteiger charge is -2.12. The third-order valence-electron chi connectivity index (χ3n) is 4.24. The Morgan fingerprint density at radius 3 is 2.36 bits per heavy atom. The molecule has 1 saturated heterocycles. The van der Waals surface area contributed by atoms with E-state index in [1.54, 1.807) is 48.5 Å². The van der Waals surface area contributed by atoms with Crippen molar-refractivity contribution in [2.45, 2.75) is 29.9 Å². The molecule has 1 unspecified atom stereocenters. The summed E-state index contributed by atoms with van der Waals surface area (Å²) in [6.45, 7) is -0.525. The summed E-state index contributed by atoms with van der Waals surface area (Å²) in [6.07, 6.45) is -0.552. The van der Waals surface area contributed by atoms with E-state index in [1.807, 2.05) is 6.07 Å². The van der Waals surface area contributed by atoms with Crippen LogP contribution in [0.1, 0.15) is 17.5 Å². The number of nitrogens with one attached hydrogen (secondary N) is 2. The number of carbonyl (C=O) groups excluding carboxylic acids is 1. The molecule has 5 nitrogen and oxygen atoms in total. The SMILES string of the molecule is Cl.O=C(Nc1cccc(CS(=O)(=O)Cc2ccccc2)c1)C1CC(F)(F)CN1. The van der Waals surface area contributed by atoms with E-state index in [4.69, 9.17) is 0 Å². The van der Waals surface area contributed by atoms with Crippen molar-refractivity contribution < 1.29 is 22.0 Å². The van der Waals surface area contributed by atoms with Gasteiger partial charge in [0.2, 0.25) is 5.91 Å². The van der Waals surface area contributed by atoms with Crippen molar-refractivity contribution in [1.29, 1.82) is 0 Å². The molecule has 28 heavy (non-hydrogen) atoms. The molecule has 0 radical (unpaired) electrons. The maximum atomic E-state index is 13.2. The highest BCUT2D eigenvalue weighted by Crippen LogP contribution is 2.26. The van der Waals surface area contributed by atoms with Crippen molar-refractivity contribution in [3.05, 3.63) is 65.7 Å². The molecule has 0 spiro atoms. The molecule has 0 aliphatic carbocycles. The zero-order valence-electron chi connectivity index (χ0n) is 14.9. The normalized spacial score (nSPS) is 18.3. The third-order valence-corrected chi connectivity index (χ3v) is 5.78. The largest absolute Gasteiger partial charge is 0.325 e. The van der Waals surface area contributed by atoms with Crippen LogP contribution in [0.25, 0.3) is 0 Å². The average Bonchev–Trinajstić information content (AvgIpc) is 2.95. The first-order valence-electron chi connectivity index (χ1n) is 8.48. The first kappa shape index (κ1) is 22.3. The molecule has 2 aromatic carbocycles. The Labute approximate surface area is 168 Å². The number of rotatable bonds is 6. The Hall–Kier alpha value is -2.03. The van der Waals surface area contributed by atoms with Gasteiger partial charge in [-0.2, -0.15) is 0 Å². The summed E-state index contributed by atoms with van der Waals surface area (Å²) in [5.74, 6) is -3.71. The predicted octanol–water partition coefficient (Wildman–Crippen LogP) is 3.16. The van der Waals surface area contributed by atoms with E-state index in [1.165, 1.54) is 0 Å². The second-order valence-electron chi connectivity index (χ2n) is 6.70. The molecule has 3 rings (SSSR count). The van der Waals surface area contributed by atoms with Crippen LogP contribution in [0.15, 0.2) is 54.6 Å². The monoisotopic (exact) mass is 430 g/mol. The van der Waals surface area contributed by atoms with Gasteiger partial charge in [0.25, 0.3) is 5.92 Å². The number of alkyl halides is 2. The fourth-order valence-electron chi connectivity index (χ4n) is 3.00. The van der Waals surface area contributed by atoms with Gasteiger partial charge < -0.3 is 5.32 Å². The summed E-state index contributed by atoms with van der Waals surface area (Å²) in [7, 11) is -3.39. The van der Waals surface area contributed by atoms with Crippen LogP contribution in [0.3, 0.4) is 0 Å². The molecule has 152 valence electrons. The van der Waals surface area contributed by atoms with Crippen molar-refractivity contribution in [2.24, 2.45) is 0 Å².